The van der Waals surface area contributed by atoms with Gasteiger partial charge in [-0.05, 0) is 44.8 Å². The molecule has 0 atom stereocenters. The number of benzene rings is 1. The largest absolute Gasteiger partial charge is 0.399 e. The van der Waals surface area contributed by atoms with Crippen LogP contribution in [0.15, 0.2) is 18.2 Å². The van der Waals surface area contributed by atoms with Crippen molar-refractivity contribution in [2.75, 3.05) is 32.9 Å². The number of fused-ring (bicyclic) bond motifs is 1. The number of carbonyl (C=O) groups is 1. The van der Waals surface area contributed by atoms with Gasteiger partial charge in [0, 0.05) is 24.3 Å². The van der Waals surface area contributed by atoms with Gasteiger partial charge in [-0.1, -0.05) is 6.07 Å². The number of amides is 1. The van der Waals surface area contributed by atoms with Crippen LogP contribution >= 0.6 is 0 Å². The van der Waals surface area contributed by atoms with Crippen molar-refractivity contribution in [2.24, 2.45) is 0 Å². The summed E-state index contributed by atoms with van der Waals surface area (Å²) in [6.45, 7) is 2.54. The predicted octanol–water partition coefficient (Wildman–Crippen LogP) is 1.18. The second-order valence-corrected chi connectivity index (χ2v) is 4.80. The van der Waals surface area contributed by atoms with Crippen molar-refractivity contribution in [3.8, 4) is 0 Å². The Labute approximate surface area is 102 Å². The fourth-order valence-electron chi connectivity index (χ4n) is 2.14. The normalized spacial score (nSPS) is 14.5. The summed E-state index contributed by atoms with van der Waals surface area (Å²) in [5.74, 6) is 0.117. The standard InChI is InChI=1S/C13H19N3O/c1-15(2)6-3-7-16-9-10-4-5-11(14)8-12(10)13(16)17/h4-5,8H,3,6-7,9,14H2,1-2H3. The zero-order valence-electron chi connectivity index (χ0n) is 10.4. The minimum absolute atomic E-state index is 0.117. The van der Waals surface area contributed by atoms with E-state index < -0.39 is 0 Å². The van der Waals surface area contributed by atoms with Crippen molar-refractivity contribution in [1.82, 2.24) is 9.80 Å². The van der Waals surface area contributed by atoms with E-state index >= 15 is 0 Å². The molecule has 0 aliphatic carbocycles. The van der Waals surface area contributed by atoms with Gasteiger partial charge >= 0.3 is 0 Å². The van der Waals surface area contributed by atoms with Crippen molar-refractivity contribution < 1.29 is 4.79 Å². The van der Waals surface area contributed by atoms with E-state index in [1.54, 1.807) is 6.07 Å². The molecule has 2 N–H and O–H groups in total. The highest BCUT2D eigenvalue weighted by molar-refractivity contribution is 5.99. The minimum Gasteiger partial charge on any atom is -0.399 e. The van der Waals surface area contributed by atoms with Gasteiger partial charge < -0.3 is 15.5 Å². The number of nitrogens with zero attached hydrogens (tertiary/aromatic N) is 2. The van der Waals surface area contributed by atoms with E-state index in [4.69, 9.17) is 5.73 Å². The SMILES string of the molecule is CN(C)CCCN1Cc2ccc(N)cc2C1=O. The van der Waals surface area contributed by atoms with Gasteiger partial charge in [-0.3, -0.25) is 4.79 Å². The summed E-state index contributed by atoms with van der Waals surface area (Å²) in [5, 5.41) is 0. The van der Waals surface area contributed by atoms with E-state index in [0.29, 0.717) is 5.69 Å². The van der Waals surface area contributed by atoms with Crippen molar-refractivity contribution in [3.05, 3.63) is 29.3 Å². The number of carbonyl (C=O) groups excluding carboxylic acids is 1. The number of hydrogen-bond acceptors (Lipinski definition) is 3. The topological polar surface area (TPSA) is 49.6 Å². The molecule has 92 valence electrons. The van der Waals surface area contributed by atoms with E-state index in [9.17, 15) is 4.79 Å². The van der Waals surface area contributed by atoms with Crippen LogP contribution in [0, 0.1) is 0 Å². The van der Waals surface area contributed by atoms with Crippen LogP contribution in [0.25, 0.3) is 0 Å². The number of nitrogens with two attached hydrogens (primary N) is 1. The van der Waals surface area contributed by atoms with Gasteiger partial charge in [0.15, 0.2) is 0 Å². The van der Waals surface area contributed by atoms with Crippen LogP contribution in [0.1, 0.15) is 22.3 Å². The molecular formula is C13H19N3O. The second-order valence-electron chi connectivity index (χ2n) is 4.80. The predicted molar refractivity (Wildman–Crippen MR) is 68.8 cm³/mol. The maximum Gasteiger partial charge on any atom is 0.254 e. The molecule has 0 fully saturated rings. The highest BCUT2D eigenvalue weighted by atomic mass is 16.2. The lowest BCUT2D eigenvalue weighted by molar-refractivity contribution is 0.0773. The first-order chi connectivity index (χ1) is 8.08. The number of rotatable bonds is 4. The van der Waals surface area contributed by atoms with Crippen LogP contribution in [-0.2, 0) is 6.54 Å². The summed E-state index contributed by atoms with van der Waals surface area (Å²) in [6.07, 6.45) is 1.00. The molecular weight excluding hydrogens is 214 g/mol. The van der Waals surface area contributed by atoms with Crippen LogP contribution in [-0.4, -0.2) is 42.9 Å². The summed E-state index contributed by atoms with van der Waals surface area (Å²) in [7, 11) is 4.09. The van der Waals surface area contributed by atoms with Crippen LogP contribution in [0.4, 0.5) is 5.69 Å². The first kappa shape index (κ1) is 11.9. The maximum absolute atomic E-state index is 12.1. The zero-order chi connectivity index (χ0) is 12.4. The van der Waals surface area contributed by atoms with Gasteiger partial charge in [0.2, 0.25) is 0 Å². The first-order valence-corrected chi connectivity index (χ1v) is 5.90. The maximum atomic E-state index is 12.1. The van der Waals surface area contributed by atoms with E-state index in [-0.39, 0.29) is 5.91 Å². The summed E-state index contributed by atoms with van der Waals surface area (Å²) in [6, 6.07) is 5.59. The molecule has 0 aromatic heterocycles. The molecule has 1 aromatic carbocycles. The van der Waals surface area contributed by atoms with Crippen LogP contribution in [0.5, 0.6) is 0 Å². The lowest BCUT2D eigenvalue weighted by Crippen LogP contribution is -2.27. The Bertz CT molecular complexity index is 429. The Morgan fingerprint density at radius 1 is 1.41 bits per heavy atom. The molecule has 4 heteroatoms. The van der Waals surface area contributed by atoms with Crippen LogP contribution in [0.2, 0.25) is 0 Å². The molecule has 0 spiro atoms. The quantitative estimate of drug-likeness (QED) is 0.794. The highest BCUT2D eigenvalue weighted by Crippen LogP contribution is 2.24. The first-order valence-electron chi connectivity index (χ1n) is 5.90. The van der Waals surface area contributed by atoms with Crippen LogP contribution < -0.4 is 5.73 Å². The molecule has 0 saturated carbocycles. The van der Waals surface area contributed by atoms with Gasteiger partial charge in [-0.15, -0.1) is 0 Å². The molecule has 1 aliphatic rings. The van der Waals surface area contributed by atoms with E-state index in [0.717, 1.165) is 37.2 Å². The third-order valence-corrected chi connectivity index (χ3v) is 3.05. The Morgan fingerprint density at radius 2 is 2.18 bits per heavy atom. The van der Waals surface area contributed by atoms with Gasteiger partial charge in [0.25, 0.3) is 5.91 Å². The van der Waals surface area contributed by atoms with Crippen molar-refractivity contribution in [2.45, 2.75) is 13.0 Å². The van der Waals surface area contributed by atoms with Gasteiger partial charge in [-0.25, -0.2) is 0 Å². The lowest BCUT2D eigenvalue weighted by Gasteiger charge is -2.17. The third kappa shape index (κ3) is 2.58. The summed E-state index contributed by atoms with van der Waals surface area (Å²) >= 11 is 0. The molecule has 4 nitrogen and oxygen atoms in total. The molecule has 0 radical (unpaired) electrons. The van der Waals surface area contributed by atoms with Crippen molar-refractivity contribution in [3.63, 3.8) is 0 Å². The van der Waals surface area contributed by atoms with Gasteiger partial charge in [-0.2, -0.15) is 0 Å². The fourth-order valence-corrected chi connectivity index (χ4v) is 2.14. The Hall–Kier alpha value is -1.55. The molecule has 1 aromatic rings. The molecule has 1 amide bonds. The molecule has 17 heavy (non-hydrogen) atoms. The fraction of sp³-hybridized carbons (Fsp3) is 0.462. The molecule has 1 heterocycles. The second kappa shape index (κ2) is 4.75. The minimum atomic E-state index is 0.117. The molecule has 2 rings (SSSR count). The smallest absolute Gasteiger partial charge is 0.254 e. The third-order valence-electron chi connectivity index (χ3n) is 3.05. The van der Waals surface area contributed by atoms with E-state index in [1.165, 1.54) is 0 Å². The van der Waals surface area contributed by atoms with Crippen molar-refractivity contribution in [1.29, 1.82) is 0 Å². The highest BCUT2D eigenvalue weighted by Gasteiger charge is 2.26. The molecule has 0 unspecified atom stereocenters. The van der Waals surface area contributed by atoms with E-state index in [2.05, 4.69) is 4.90 Å². The molecule has 0 bridgehead atoms. The van der Waals surface area contributed by atoms with Gasteiger partial charge in [0.1, 0.15) is 0 Å². The van der Waals surface area contributed by atoms with Crippen molar-refractivity contribution >= 4 is 11.6 Å². The Morgan fingerprint density at radius 3 is 2.88 bits per heavy atom. The lowest BCUT2D eigenvalue weighted by atomic mass is 10.1. The number of anilines is 1. The monoisotopic (exact) mass is 233 g/mol. The average molecular weight is 233 g/mol. The summed E-state index contributed by atoms with van der Waals surface area (Å²) in [4.78, 5) is 16.1. The van der Waals surface area contributed by atoms with E-state index in [1.807, 2.05) is 31.1 Å². The van der Waals surface area contributed by atoms with Crippen LogP contribution in [0.3, 0.4) is 0 Å². The van der Waals surface area contributed by atoms with Gasteiger partial charge in [0.05, 0.1) is 0 Å². The molecule has 1 aliphatic heterocycles. The summed E-state index contributed by atoms with van der Waals surface area (Å²) in [5.41, 5.74) is 8.23. The number of nitrogen functional groups attached to an aromatic ring is 1. The Kier molecular flexibility index (Phi) is 3.33. The zero-order valence-corrected chi connectivity index (χ0v) is 10.4. The average Bonchev–Trinajstić information content (AvgIpc) is 2.56. The number of hydrogen-bond donors (Lipinski definition) is 1. The summed E-state index contributed by atoms with van der Waals surface area (Å²) < 4.78 is 0. The Balaban J connectivity index is 2.00. The molecule has 0 saturated heterocycles.